The Morgan fingerprint density at radius 2 is 2.11 bits per heavy atom. The Hall–Kier alpha value is -1.36. The van der Waals surface area contributed by atoms with Crippen LogP contribution in [0, 0.1) is 5.41 Å². The van der Waals surface area contributed by atoms with Crippen LogP contribution in [-0.2, 0) is 6.54 Å². The molecule has 1 amide bonds. The van der Waals surface area contributed by atoms with Crippen LogP contribution in [0.15, 0.2) is 12.5 Å². The first kappa shape index (κ1) is 13.1. The van der Waals surface area contributed by atoms with Crippen molar-refractivity contribution >= 4 is 5.91 Å². The molecular formula is C13H22N4O. The summed E-state index contributed by atoms with van der Waals surface area (Å²) in [5, 5.41) is 0. The van der Waals surface area contributed by atoms with Crippen LogP contribution >= 0.6 is 0 Å². The lowest BCUT2D eigenvalue weighted by Crippen LogP contribution is -2.41. The number of aromatic nitrogens is 2. The molecule has 5 nitrogen and oxygen atoms in total. The van der Waals surface area contributed by atoms with Crippen molar-refractivity contribution in [2.24, 2.45) is 11.1 Å². The molecule has 2 N–H and O–H groups in total. The first-order valence-electron chi connectivity index (χ1n) is 6.53. The number of carbonyl (C=O) groups excluding carboxylic acids is 1. The Kier molecular flexibility index (Phi) is 3.71. The van der Waals surface area contributed by atoms with E-state index in [-0.39, 0.29) is 5.91 Å². The maximum absolute atomic E-state index is 12.2. The fourth-order valence-corrected chi connectivity index (χ4v) is 2.22. The Morgan fingerprint density at radius 3 is 2.72 bits per heavy atom. The van der Waals surface area contributed by atoms with Gasteiger partial charge in [0.1, 0.15) is 5.69 Å². The fourth-order valence-electron chi connectivity index (χ4n) is 2.22. The lowest BCUT2D eigenvalue weighted by Gasteiger charge is -2.36. The molecule has 2 rings (SSSR count). The zero-order valence-electron chi connectivity index (χ0n) is 11.2. The Bertz CT molecular complexity index is 414. The van der Waals surface area contributed by atoms with Gasteiger partial charge in [0.05, 0.1) is 6.33 Å². The van der Waals surface area contributed by atoms with E-state index >= 15 is 0 Å². The molecule has 0 spiro atoms. The number of likely N-dealkylation sites (tertiary alicyclic amines) is 1. The number of carbonyl (C=O) groups is 1. The molecule has 1 fully saturated rings. The quantitative estimate of drug-likeness (QED) is 0.874. The molecule has 5 heteroatoms. The lowest BCUT2D eigenvalue weighted by atomic mass is 9.82. The highest BCUT2D eigenvalue weighted by molar-refractivity contribution is 5.92. The van der Waals surface area contributed by atoms with E-state index in [2.05, 4.69) is 18.8 Å². The molecular weight excluding hydrogens is 228 g/mol. The minimum absolute atomic E-state index is 0.0428. The van der Waals surface area contributed by atoms with E-state index in [0.29, 0.717) is 24.2 Å². The van der Waals surface area contributed by atoms with Gasteiger partial charge in [0.15, 0.2) is 0 Å². The first-order chi connectivity index (χ1) is 8.52. The van der Waals surface area contributed by atoms with Crippen molar-refractivity contribution in [2.45, 2.75) is 33.2 Å². The zero-order valence-corrected chi connectivity index (χ0v) is 11.2. The predicted molar refractivity (Wildman–Crippen MR) is 70.2 cm³/mol. The molecule has 1 aliphatic rings. The van der Waals surface area contributed by atoms with Crippen molar-refractivity contribution in [2.75, 3.05) is 19.6 Å². The molecule has 0 unspecified atom stereocenters. The number of hydrogen-bond donors (Lipinski definition) is 1. The number of imidazole rings is 1. The molecule has 100 valence electrons. The zero-order chi connectivity index (χ0) is 13.2. The third kappa shape index (κ3) is 2.90. The van der Waals surface area contributed by atoms with Gasteiger partial charge in [0.2, 0.25) is 0 Å². The highest BCUT2D eigenvalue weighted by Crippen LogP contribution is 2.30. The molecule has 1 saturated heterocycles. The largest absolute Gasteiger partial charge is 0.337 e. The molecule has 0 aromatic carbocycles. The number of nitrogens with zero attached hydrogens (tertiary/aromatic N) is 3. The topological polar surface area (TPSA) is 64.2 Å². The van der Waals surface area contributed by atoms with Gasteiger partial charge < -0.3 is 15.2 Å². The van der Waals surface area contributed by atoms with Crippen molar-refractivity contribution in [3.8, 4) is 0 Å². The number of piperidine rings is 1. The Balaban J connectivity index is 1.98. The number of amides is 1. The van der Waals surface area contributed by atoms with Crippen LogP contribution in [0.4, 0.5) is 0 Å². The minimum Gasteiger partial charge on any atom is -0.337 e. The molecule has 0 radical (unpaired) electrons. The molecule has 2 heterocycles. The van der Waals surface area contributed by atoms with Crippen LogP contribution in [0.25, 0.3) is 0 Å². The highest BCUT2D eigenvalue weighted by Gasteiger charge is 2.28. The second-order valence-electron chi connectivity index (χ2n) is 5.74. The predicted octanol–water partition coefficient (Wildman–Crippen LogP) is 1.10. The summed E-state index contributed by atoms with van der Waals surface area (Å²) in [6.45, 7) is 7.43. The van der Waals surface area contributed by atoms with Gasteiger partial charge in [-0.1, -0.05) is 13.8 Å². The molecule has 0 bridgehead atoms. The van der Waals surface area contributed by atoms with Crippen molar-refractivity contribution < 1.29 is 4.79 Å². The maximum Gasteiger partial charge on any atom is 0.274 e. The van der Waals surface area contributed by atoms with E-state index < -0.39 is 0 Å². The van der Waals surface area contributed by atoms with Crippen LogP contribution in [0.5, 0.6) is 0 Å². The normalized spacial score (nSPS) is 18.9. The number of hydrogen-bond acceptors (Lipinski definition) is 3. The summed E-state index contributed by atoms with van der Waals surface area (Å²) < 4.78 is 1.86. The van der Waals surface area contributed by atoms with Gasteiger partial charge in [-0.2, -0.15) is 0 Å². The SMILES string of the molecule is CC1(C)CCN(C(=O)c2cn(CCN)cn2)CC1. The third-order valence-electron chi connectivity index (χ3n) is 3.64. The Morgan fingerprint density at radius 1 is 1.44 bits per heavy atom. The fraction of sp³-hybridized carbons (Fsp3) is 0.692. The van der Waals surface area contributed by atoms with Crippen LogP contribution in [0.2, 0.25) is 0 Å². The molecule has 1 aromatic rings. The van der Waals surface area contributed by atoms with E-state index in [4.69, 9.17) is 5.73 Å². The van der Waals surface area contributed by atoms with E-state index in [1.165, 1.54) is 0 Å². The summed E-state index contributed by atoms with van der Waals surface area (Å²) in [5.74, 6) is 0.0428. The van der Waals surface area contributed by atoms with Crippen LogP contribution in [0.3, 0.4) is 0 Å². The summed E-state index contributed by atoms with van der Waals surface area (Å²) in [6, 6.07) is 0. The first-order valence-corrected chi connectivity index (χ1v) is 6.53. The van der Waals surface area contributed by atoms with Crippen LogP contribution < -0.4 is 5.73 Å². The van der Waals surface area contributed by atoms with Gasteiger partial charge in [-0.05, 0) is 18.3 Å². The average Bonchev–Trinajstić information content (AvgIpc) is 2.77. The van der Waals surface area contributed by atoms with Gasteiger partial charge in [-0.25, -0.2) is 4.98 Å². The number of nitrogens with two attached hydrogens (primary N) is 1. The van der Waals surface area contributed by atoms with E-state index in [1.807, 2.05) is 9.47 Å². The lowest BCUT2D eigenvalue weighted by molar-refractivity contribution is 0.0625. The van der Waals surface area contributed by atoms with Gasteiger partial charge >= 0.3 is 0 Å². The summed E-state index contributed by atoms with van der Waals surface area (Å²) in [6.07, 6.45) is 5.58. The van der Waals surface area contributed by atoms with Crippen LogP contribution in [0.1, 0.15) is 37.2 Å². The third-order valence-corrected chi connectivity index (χ3v) is 3.64. The summed E-state index contributed by atoms with van der Waals surface area (Å²) in [5.41, 5.74) is 6.36. The Labute approximate surface area is 108 Å². The van der Waals surface area contributed by atoms with Crippen molar-refractivity contribution in [3.63, 3.8) is 0 Å². The van der Waals surface area contributed by atoms with Crippen LogP contribution in [-0.4, -0.2) is 40.0 Å². The highest BCUT2D eigenvalue weighted by atomic mass is 16.2. The van der Waals surface area contributed by atoms with Crippen molar-refractivity contribution in [3.05, 3.63) is 18.2 Å². The van der Waals surface area contributed by atoms with Gasteiger partial charge in [-0.3, -0.25) is 4.79 Å². The molecule has 0 saturated carbocycles. The molecule has 0 aliphatic carbocycles. The van der Waals surface area contributed by atoms with Gasteiger partial charge in [0, 0.05) is 32.4 Å². The molecule has 1 aromatic heterocycles. The minimum atomic E-state index is 0.0428. The van der Waals surface area contributed by atoms with E-state index in [1.54, 1.807) is 12.5 Å². The summed E-state index contributed by atoms with van der Waals surface area (Å²) in [4.78, 5) is 18.3. The smallest absolute Gasteiger partial charge is 0.274 e. The van der Waals surface area contributed by atoms with Crippen molar-refractivity contribution in [1.82, 2.24) is 14.5 Å². The van der Waals surface area contributed by atoms with E-state index in [0.717, 1.165) is 25.9 Å². The van der Waals surface area contributed by atoms with Gasteiger partial charge in [0.25, 0.3) is 5.91 Å². The molecule has 18 heavy (non-hydrogen) atoms. The van der Waals surface area contributed by atoms with Gasteiger partial charge in [-0.15, -0.1) is 0 Å². The van der Waals surface area contributed by atoms with E-state index in [9.17, 15) is 4.79 Å². The van der Waals surface area contributed by atoms with Crippen molar-refractivity contribution in [1.29, 1.82) is 0 Å². The summed E-state index contributed by atoms with van der Waals surface area (Å²) >= 11 is 0. The summed E-state index contributed by atoms with van der Waals surface area (Å²) in [7, 11) is 0. The number of rotatable bonds is 3. The monoisotopic (exact) mass is 250 g/mol. The maximum atomic E-state index is 12.2. The average molecular weight is 250 g/mol. The second-order valence-corrected chi connectivity index (χ2v) is 5.74. The standard InChI is InChI=1S/C13H22N4O/c1-13(2)3-6-17(7-4-13)12(18)11-9-16(8-5-14)10-15-11/h9-10H,3-8,14H2,1-2H3. The molecule has 1 aliphatic heterocycles. The molecule has 0 atom stereocenters. The second kappa shape index (κ2) is 5.10.